The second kappa shape index (κ2) is 14.6. The van der Waals surface area contributed by atoms with E-state index in [0.29, 0.717) is 0 Å². The van der Waals surface area contributed by atoms with Crippen LogP contribution in [-0.2, 0) is 0 Å². The molecule has 298 valence electrons. The summed E-state index contributed by atoms with van der Waals surface area (Å²) in [6.45, 7) is 0. The SMILES string of the molecule is c1ccc(N(c2ccc(-c3cc4ccccc4c4ccccc34)cc2)c2ccc(-c3cc4ccccc4c4ccccc34)cc2)c(-c2ccc3oc4cc5ccccc5cc4c3c2)c1. The van der Waals surface area contributed by atoms with Gasteiger partial charge in [-0.25, -0.2) is 0 Å². The maximum atomic E-state index is 6.45. The van der Waals surface area contributed by atoms with Gasteiger partial charge in [0, 0.05) is 27.7 Å². The number of hydrogen-bond acceptors (Lipinski definition) is 2. The molecule has 0 spiro atoms. The highest BCUT2D eigenvalue weighted by atomic mass is 16.3. The summed E-state index contributed by atoms with van der Waals surface area (Å²) < 4.78 is 6.45. The molecule has 2 nitrogen and oxygen atoms in total. The minimum atomic E-state index is 0.886. The van der Waals surface area contributed by atoms with Gasteiger partial charge in [0.05, 0.1) is 5.69 Å². The molecule has 64 heavy (non-hydrogen) atoms. The average molecular weight is 814 g/mol. The van der Waals surface area contributed by atoms with E-state index in [4.69, 9.17) is 4.42 Å². The normalized spacial score (nSPS) is 11.8. The smallest absolute Gasteiger partial charge is 0.136 e. The summed E-state index contributed by atoms with van der Waals surface area (Å²) in [5.74, 6) is 0. The molecule has 0 unspecified atom stereocenters. The first-order chi connectivity index (χ1) is 31.7. The molecule has 0 fully saturated rings. The largest absolute Gasteiger partial charge is 0.456 e. The maximum Gasteiger partial charge on any atom is 0.136 e. The van der Waals surface area contributed by atoms with E-state index in [2.05, 4.69) is 241 Å². The van der Waals surface area contributed by atoms with E-state index in [-0.39, 0.29) is 0 Å². The van der Waals surface area contributed by atoms with Gasteiger partial charge in [-0.1, -0.05) is 170 Å². The van der Waals surface area contributed by atoms with Gasteiger partial charge in [0.1, 0.15) is 11.2 Å². The molecule has 0 N–H and O–H groups in total. The third-order valence-corrected chi connectivity index (χ3v) is 13.2. The minimum absolute atomic E-state index is 0.886. The van der Waals surface area contributed by atoms with Crippen molar-refractivity contribution in [3.8, 4) is 33.4 Å². The van der Waals surface area contributed by atoms with Crippen LogP contribution in [0.3, 0.4) is 0 Å². The first-order valence-electron chi connectivity index (χ1n) is 22.0. The highest BCUT2D eigenvalue weighted by molar-refractivity contribution is 6.15. The quantitative estimate of drug-likeness (QED) is 0.156. The summed E-state index contributed by atoms with van der Waals surface area (Å²) >= 11 is 0. The number of benzene rings is 12. The number of anilines is 3. The van der Waals surface area contributed by atoms with E-state index in [1.54, 1.807) is 0 Å². The molecule has 0 aliphatic heterocycles. The minimum Gasteiger partial charge on any atom is -0.456 e. The Morgan fingerprint density at radius 2 is 0.688 bits per heavy atom. The van der Waals surface area contributed by atoms with Crippen molar-refractivity contribution in [2.24, 2.45) is 0 Å². The van der Waals surface area contributed by atoms with Gasteiger partial charge in [0.2, 0.25) is 0 Å². The second-order valence-corrected chi connectivity index (χ2v) is 16.8. The first kappa shape index (κ1) is 36.2. The topological polar surface area (TPSA) is 16.4 Å². The lowest BCUT2D eigenvalue weighted by Crippen LogP contribution is -2.11. The highest BCUT2D eigenvalue weighted by Gasteiger charge is 2.20. The van der Waals surface area contributed by atoms with E-state index in [0.717, 1.165) is 50.1 Å². The van der Waals surface area contributed by atoms with Crippen LogP contribution in [-0.4, -0.2) is 0 Å². The molecule has 12 aromatic carbocycles. The number of fused-ring (bicyclic) bond motifs is 10. The molecule has 1 heterocycles. The molecule has 2 heteroatoms. The average Bonchev–Trinajstić information content (AvgIpc) is 3.72. The van der Waals surface area contributed by atoms with Crippen LogP contribution in [0.5, 0.6) is 0 Å². The Morgan fingerprint density at radius 3 is 1.27 bits per heavy atom. The van der Waals surface area contributed by atoms with Crippen LogP contribution in [0.2, 0.25) is 0 Å². The lowest BCUT2D eigenvalue weighted by molar-refractivity contribution is 0.669. The monoisotopic (exact) mass is 813 g/mol. The molecule has 1 aromatic heterocycles. The predicted octanol–water partition coefficient (Wildman–Crippen LogP) is 17.8. The summed E-state index contributed by atoms with van der Waals surface area (Å²) in [7, 11) is 0. The lowest BCUT2D eigenvalue weighted by Gasteiger charge is -2.28. The number of para-hydroxylation sites is 1. The second-order valence-electron chi connectivity index (χ2n) is 16.8. The third kappa shape index (κ3) is 5.88. The van der Waals surface area contributed by atoms with Crippen molar-refractivity contribution in [1.82, 2.24) is 0 Å². The molecule has 0 amide bonds. The Morgan fingerprint density at radius 1 is 0.250 bits per heavy atom. The van der Waals surface area contributed by atoms with Crippen molar-refractivity contribution in [3.63, 3.8) is 0 Å². The van der Waals surface area contributed by atoms with Gasteiger partial charge in [-0.3, -0.25) is 0 Å². The van der Waals surface area contributed by atoms with Crippen LogP contribution in [0, 0.1) is 0 Å². The fraction of sp³-hybridized carbons (Fsp3) is 0. The molecule has 13 rings (SSSR count). The zero-order valence-corrected chi connectivity index (χ0v) is 34.9. The number of rotatable bonds is 6. The Kier molecular flexibility index (Phi) is 8.25. The zero-order chi connectivity index (χ0) is 42.1. The fourth-order valence-corrected chi connectivity index (χ4v) is 10.1. The van der Waals surface area contributed by atoms with Gasteiger partial charge in [0.25, 0.3) is 0 Å². The van der Waals surface area contributed by atoms with Crippen LogP contribution in [0.15, 0.2) is 241 Å². The Bertz CT molecular complexity index is 3790. The Labute approximate surface area is 370 Å². The van der Waals surface area contributed by atoms with Crippen LogP contribution >= 0.6 is 0 Å². The van der Waals surface area contributed by atoms with E-state index < -0.39 is 0 Å². The van der Waals surface area contributed by atoms with Crippen molar-refractivity contribution in [2.45, 2.75) is 0 Å². The van der Waals surface area contributed by atoms with Crippen molar-refractivity contribution < 1.29 is 4.42 Å². The number of nitrogens with zero attached hydrogens (tertiary/aromatic N) is 1. The molecule has 0 bridgehead atoms. The van der Waals surface area contributed by atoms with E-state index in [1.165, 1.54) is 76.1 Å². The summed E-state index contributed by atoms with van der Waals surface area (Å²) in [4.78, 5) is 2.41. The summed E-state index contributed by atoms with van der Waals surface area (Å²) in [6.07, 6.45) is 0. The van der Waals surface area contributed by atoms with Gasteiger partial charge in [0.15, 0.2) is 0 Å². The number of furan rings is 1. The van der Waals surface area contributed by atoms with Gasteiger partial charge >= 0.3 is 0 Å². The van der Waals surface area contributed by atoms with E-state index in [1.807, 2.05) is 0 Å². The zero-order valence-electron chi connectivity index (χ0n) is 34.9. The number of hydrogen-bond donors (Lipinski definition) is 0. The third-order valence-electron chi connectivity index (χ3n) is 13.2. The predicted molar refractivity (Wildman–Crippen MR) is 272 cm³/mol. The maximum absolute atomic E-state index is 6.45. The molecule has 13 aromatic rings. The highest BCUT2D eigenvalue weighted by Crippen LogP contribution is 2.45. The van der Waals surface area contributed by atoms with Crippen molar-refractivity contribution in [1.29, 1.82) is 0 Å². The van der Waals surface area contributed by atoms with Crippen LogP contribution < -0.4 is 4.90 Å². The lowest BCUT2D eigenvalue weighted by atomic mass is 9.93. The van der Waals surface area contributed by atoms with E-state index >= 15 is 0 Å². The molecule has 0 saturated carbocycles. The molecule has 0 radical (unpaired) electrons. The Balaban J connectivity index is 0.974. The van der Waals surface area contributed by atoms with Crippen molar-refractivity contribution >= 4 is 92.9 Å². The molecule has 0 saturated heterocycles. The molecule has 0 aliphatic carbocycles. The molecular weight excluding hydrogens is 775 g/mol. The van der Waals surface area contributed by atoms with Gasteiger partial charge < -0.3 is 9.32 Å². The fourth-order valence-electron chi connectivity index (χ4n) is 10.1. The molecule has 0 aliphatic rings. The van der Waals surface area contributed by atoms with Gasteiger partial charge in [-0.05, 0) is 148 Å². The van der Waals surface area contributed by atoms with Crippen LogP contribution in [0.4, 0.5) is 17.1 Å². The summed E-state index contributed by atoms with van der Waals surface area (Å²) in [5, 5.41) is 14.7. The summed E-state index contributed by atoms with van der Waals surface area (Å²) in [5.41, 5.74) is 12.1. The van der Waals surface area contributed by atoms with Gasteiger partial charge in [-0.2, -0.15) is 0 Å². The van der Waals surface area contributed by atoms with Crippen LogP contribution in [0.1, 0.15) is 0 Å². The Hall–Kier alpha value is -8.46. The van der Waals surface area contributed by atoms with Crippen molar-refractivity contribution in [2.75, 3.05) is 4.90 Å². The standard InChI is InChI=1S/C62H39NO/c1-2-14-43-39-62-59(35-42(43)13-1)58-38-46(29-34-61(58)64-62)51-19-11-12-24-60(51)63(47-30-25-40(26-31-47)56-36-44-15-3-5-17-49(44)52-20-7-9-22-54(52)56)48-32-27-41(28-33-48)57-37-45-16-4-6-18-50(45)53-21-8-10-23-55(53)57/h1-39H. The van der Waals surface area contributed by atoms with Crippen molar-refractivity contribution in [3.05, 3.63) is 237 Å². The van der Waals surface area contributed by atoms with Crippen LogP contribution in [0.25, 0.3) is 109 Å². The first-order valence-corrected chi connectivity index (χ1v) is 22.0. The molecule has 0 atom stereocenters. The van der Waals surface area contributed by atoms with Gasteiger partial charge in [-0.15, -0.1) is 0 Å². The molecular formula is C62H39NO. The summed E-state index contributed by atoms with van der Waals surface area (Å²) in [6, 6.07) is 86.2. The van der Waals surface area contributed by atoms with E-state index in [9.17, 15) is 0 Å².